The summed E-state index contributed by atoms with van der Waals surface area (Å²) in [6.07, 6.45) is 2.01. The lowest BCUT2D eigenvalue weighted by Gasteiger charge is -2.25. The highest BCUT2D eigenvalue weighted by Crippen LogP contribution is 2.48. The van der Waals surface area contributed by atoms with Gasteiger partial charge >= 0.3 is 11.9 Å². The van der Waals surface area contributed by atoms with Crippen molar-refractivity contribution in [3.8, 4) is 0 Å². The van der Waals surface area contributed by atoms with E-state index in [1.165, 1.54) is 7.11 Å². The Morgan fingerprint density at radius 2 is 1.75 bits per heavy atom. The van der Waals surface area contributed by atoms with Crippen LogP contribution in [0.4, 0.5) is 0 Å². The molecule has 1 fully saturated rings. The van der Waals surface area contributed by atoms with Crippen molar-refractivity contribution < 1.29 is 19.4 Å². The van der Waals surface area contributed by atoms with Crippen molar-refractivity contribution in [1.29, 1.82) is 0 Å². The van der Waals surface area contributed by atoms with E-state index in [0.29, 0.717) is 18.4 Å². The van der Waals surface area contributed by atoms with Gasteiger partial charge in [-0.05, 0) is 48.4 Å². The van der Waals surface area contributed by atoms with Crippen LogP contribution in [0.15, 0.2) is 54.6 Å². The van der Waals surface area contributed by atoms with Crippen LogP contribution in [0.5, 0.6) is 0 Å². The van der Waals surface area contributed by atoms with Gasteiger partial charge in [0.1, 0.15) is 0 Å². The van der Waals surface area contributed by atoms with Gasteiger partial charge in [0.05, 0.1) is 18.1 Å². The molecule has 0 heterocycles. The van der Waals surface area contributed by atoms with Gasteiger partial charge in [-0.25, -0.2) is 4.79 Å². The summed E-state index contributed by atoms with van der Waals surface area (Å²) >= 11 is 0. The van der Waals surface area contributed by atoms with E-state index in [1.807, 2.05) is 42.5 Å². The lowest BCUT2D eigenvalue weighted by atomic mass is 9.77. The lowest BCUT2D eigenvalue weighted by Crippen LogP contribution is -2.32. The van der Waals surface area contributed by atoms with Crippen molar-refractivity contribution in [1.82, 2.24) is 0 Å². The quantitative estimate of drug-likeness (QED) is 0.870. The molecule has 1 saturated carbocycles. The molecule has 124 valence electrons. The summed E-state index contributed by atoms with van der Waals surface area (Å²) in [7, 11) is 1.36. The third kappa shape index (κ3) is 2.80. The minimum Gasteiger partial charge on any atom is -0.481 e. The maximum atomic E-state index is 12.0. The van der Waals surface area contributed by atoms with Crippen LogP contribution < -0.4 is 0 Å². The molecule has 4 heteroatoms. The Labute approximate surface area is 141 Å². The number of methoxy groups -OCH3 is 1. The Balaban J connectivity index is 1.85. The smallest absolute Gasteiger partial charge is 0.337 e. The molecule has 1 N–H and O–H groups in total. The van der Waals surface area contributed by atoms with Gasteiger partial charge < -0.3 is 9.84 Å². The molecule has 1 aliphatic rings. The van der Waals surface area contributed by atoms with E-state index in [4.69, 9.17) is 4.74 Å². The van der Waals surface area contributed by atoms with Crippen molar-refractivity contribution in [2.45, 2.75) is 30.6 Å². The highest BCUT2D eigenvalue weighted by atomic mass is 16.5. The van der Waals surface area contributed by atoms with Gasteiger partial charge in [-0.1, -0.05) is 42.5 Å². The van der Waals surface area contributed by atoms with Crippen molar-refractivity contribution in [3.05, 3.63) is 71.3 Å². The number of carbonyl (C=O) groups excluding carboxylic acids is 1. The second-order valence-corrected chi connectivity index (χ2v) is 6.31. The summed E-state index contributed by atoms with van der Waals surface area (Å²) in [6, 6.07) is 16.8. The predicted molar refractivity (Wildman–Crippen MR) is 90.1 cm³/mol. The van der Waals surface area contributed by atoms with Crippen molar-refractivity contribution in [2.75, 3.05) is 7.11 Å². The van der Waals surface area contributed by atoms with Crippen molar-refractivity contribution in [3.63, 3.8) is 0 Å². The van der Waals surface area contributed by atoms with Crippen LogP contribution in [-0.2, 0) is 14.9 Å². The Hall–Kier alpha value is -2.62. The molecular formula is C20H20O4. The molecule has 2 atom stereocenters. The first-order valence-electron chi connectivity index (χ1n) is 8.04. The molecule has 1 aliphatic carbocycles. The van der Waals surface area contributed by atoms with Gasteiger partial charge in [0.25, 0.3) is 0 Å². The van der Waals surface area contributed by atoms with E-state index < -0.39 is 11.4 Å². The fraction of sp³-hybridized carbons (Fsp3) is 0.300. The Kier molecular flexibility index (Phi) is 4.38. The van der Waals surface area contributed by atoms with Crippen LogP contribution >= 0.6 is 0 Å². The maximum absolute atomic E-state index is 12.0. The molecule has 24 heavy (non-hydrogen) atoms. The van der Waals surface area contributed by atoms with E-state index >= 15 is 0 Å². The third-order valence-electron chi connectivity index (χ3n) is 5.05. The van der Waals surface area contributed by atoms with Crippen LogP contribution in [0.25, 0.3) is 0 Å². The zero-order chi connectivity index (χ0) is 17.2. The largest absolute Gasteiger partial charge is 0.481 e. The van der Waals surface area contributed by atoms with Crippen LogP contribution in [0.1, 0.15) is 46.7 Å². The first-order chi connectivity index (χ1) is 11.6. The number of benzene rings is 2. The summed E-state index contributed by atoms with van der Waals surface area (Å²) in [5.74, 6) is -0.951. The number of hydrogen-bond acceptors (Lipinski definition) is 3. The molecule has 4 nitrogen and oxygen atoms in total. The maximum Gasteiger partial charge on any atom is 0.337 e. The molecule has 0 spiro atoms. The molecule has 3 rings (SSSR count). The molecule has 0 radical (unpaired) electrons. The highest BCUT2D eigenvalue weighted by molar-refractivity contribution is 5.89. The highest BCUT2D eigenvalue weighted by Gasteiger charge is 2.47. The molecular weight excluding hydrogens is 304 g/mol. The first kappa shape index (κ1) is 16.2. The molecule has 0 aliphatic heterocycles. The van der Waals surface area contributed by atoms with E-state index in [0.717, 1.165) is 17.5 Å². The Morgan fingerprint density at radius 1 is 1.08 bits per heavy atom. The van der Waals surface area contributed by atoms with E-state index in [-0.39, 0.29) is 11.9 Å². The lowest BCUT2D eigenvalue weighted by molar-refractivity contribution is -0.143. The van der Waals surface area contributed by atoms with E-state index in [9.17, 15) is 14.7 Å². The molecule has 2 aromatic carbocycles. The van der Waals surface area contributed by atoms with Crippen LogP contribution in [0.2, 0.25) is 0 Å². The molecule has 0 saturated heterocycles. The van der Waals surface area contributed by atoms with Gasteiger partial charge in [0.2, 0.25) is 0 Å². The predicted octanol–water partition coefficient (Wildman–Crippen LogP) is 3.76. The monoisotopic (exact) mass is 324 g/mol. The second-order valence-electron chi connectivity index (χ2n) is 6.31. The number of ether oxygens (including phenoxy) is 1. The summed E-state index contributed by atoms with van der Waals surface area (Å²) in [4.78, 5) is 23.5. The number of carboxylic acid groups (broad SMARTS) is 1. The molecule has 0 bridgehead atoms. The first-order valence-corrected chi connectivity index (χ1v) is 8.04. The molecule has 0 aromatic heterocycles. The van der Waals surface area contributed by atoms with E-state index in [1.54, 1.807) is 12.1 Å². The zero-order valence-corrected chi connectivity index (χ0v) is 13.6. The van der Waals surface area contributed by atoms with Gasteiger partial charge in [0.15, 0.2) is 0 Å². The van der Waals surface area contributed by atoms with Crippen LogP contribution in [-0.4, -0.2) is 24.2 Å². The van der Waals surface area contributed by atoms with Gasteiger partial charge in [0, 0.05) is 0 Å². The number of carboxylic acids is 1. The minimum atomic E-state index is -0.826. The Morgan fingerprint density at radius 3 is 2.33 bits per heavy atom. The second kappa shape index (κ2) is 6.48. The van der Waals surface area contributed by atoms with E-state index in [2.05, 4.69) is 0 Å². The normalized spacial score (nSPS) is 23.0. The summed E-state index contributed by atoms with van der Waals surface area (Å²) in [5.41, 5.74) is 1.62. The number of rotatable bonds is 4. The van der Waals surface area contributed by atoms with Crippen molar-refractivity contribution in [2.24, 2.45) is 0 Å². The average molecular weight is 324 g/mol. The minimum absolute atomic E-state index is 0.174. The zero-order valence-electron chi connectivity index (χ0n) is 13.6. The standard InChI is InChI=1S/C20H20O4/c1-24-18(21)15-9-7-14(8-10-15)16-11-12-20(13-16,19(22)23)17-5-3-2-4-6-17/h2-10,16H,11-13H2,1H3,(H,22,23)/t16-,20+/m0/s1. The average Bonchev–Trinajstić information content (AvgIpc) is 3.09. The summed E-state index contributed by atoms with van der Waals surface area (Å²) in [6.45, 7) is 0. The van der Waals surface area contributed by atoms with Crippen LogP contribution in [0.3, 0.4) is 0 Å². The Bertz CT molecular complexity index is 736. The van der Waals surface area contributed by atoms with Crippen LogP contribution in [0, 0.1) is 0 Å². The third-order valence-corrected chi connectivity index (χ3v) is 5.05. The number of carbonyl (C=O) groups is 2. The van der Waals surface area contributed by atoms with Gasteiger partial charge in [-0.2, -0.15) is 0 Å². The SMILES string of the molecule is COC(=O)c1ccc([C@H]2CC[C@](C(=O)O)(c3ccccc3)C2)cc1. The van der Waals surface area contributed by atoms with Gasteiger partial charge in [-0.15, -0.1) is 0 Å². The fourth-order valence-electron chi connectivity index (χ4n) is 3.68. The number of hydrogen-bond donors (Lipinski definition) is 1. The topological polar surface area (TPSA) is 63.6 Å². The molecule has 0 unspecified atom stereocenters. The molecule has 0 amide bonds. The molecule has 2 aromatic rings. The fourth-order valence-corrected chi connectivity index (χ4v) is 3.68. The van der Waals surface area contributed by atoms with Gasteiger partial charge in [-0.3, -0.25) is 4.79 Å². The summed E-state index contributed by atoms with van der Waals surface area (Å²) in [5, 5.41) is 9.87. The number of esters is 1. The van der Waals surface area contributed by atoms with Crippen molar-refractivity contribution >= 4 is 11.9 Å². The number of aliphatic carboxylic acids is 1. The summed E-state index contributed by atoms with van der Waals surface area (Å²) < 4.78 is 4.71.